The van der Waals surface area contributed by atoms with Gasteiger partial charge in [0.25, 0.3) is 5.09 Å². The topological polar surface area (TPSA) is 168 Å². The molecule has 0 spiro atoms. The van der Waals surface area contributed by atoms with Gasteiger partial charge in [0.05, 0.1) is 0 Å². The number of carboxylic acids is 1. The van der Waals surface area contributed by atoms with Gasteiger partial charge in [-0.1, -0.05) is 0 Å². The van der Waals surface area contributed by atoms with E-state index in [0.717, 1.165) is 6.08 Å². The molecule has 0 aliphatic rings. The van der Waals surface area contributed by atoms with E-state index in [9.17, 15) is 4.79 Å². The van der Waals surface area contributed by atoms with Gasteiger partial charge in [-0.3, -0.25) is 5.10 Å². The molecule has 0 amide bonds. The summed E-state index contributed by atoms with van der Waals surface area (Å²) in [7, 11) is 0. The first-order chi connectivity index (χ1) is 6.91. The molecule has 0 fully saturated rings. The van der Waals surface area contributed by atoms with Crippen molar-refractivity contribution in [2.75, 3.05) is 5.73 Å². The molecule has 1 heterocycles. The van der Waals surface area contributed by atoms with Gasteiger partial charge < -0.3 is 16.0 Å². The Morgan fingerprint density at radius 2 is 2.20 bits per heavy atom. The molecular weight excluding hydrogens is 210 g/mol. The number of aliphatic carboxylic acids is 1. The van der Waals surface area contributed by atoms with Gasteiger partial charge in [0.15, 0.2) is 5.82 Å². The number of carbonyl (C=O) groups is 1. The lowest BCUT2D eigenvalue weighted by Crippen LogP contribution is -1.87. The van der Waals surface area contributed by atoms with Crippen LogP contribution in [-0.2, 0) is 4.79 Å². The number of nitrogens with one attached hydrogen (secondary N) is 1. The lowest BCUT2D eigenvalue weighted by Gasteiger charge is -1.78. The van der Waals surface area contributed by atoms with Crippen molar-refractivity contribution in [3.05, 3.63) is 22.0 Å². The summed E-state index contributed by atoms with van der Waals surface area (Å²) in [6.45, 7) is 0. The number of aromatic nitrogens is 3. The Balaban J connectivity index is 0.000000423. The molecular formula is C5H7N5O5. The van der Waals surface area contributed by atoms with Crippen LogP contribution in [0.15, 0.2) is 6.08 Å². The predicted molar refractivity (Wildman–Crippen MR) is 46.2 cm³/mol. The zero-order chi connectivity index (χ0) is 11.8. The second-order valence-corrected chi connectivity index (χ2v) is 1.99. The first-order valence-electron chi connectivity index (χ1n) is 3.34. The number of anilines is 1. The summed E-state index contributed by atoms with van der Waals surface area (Å²) in [5.74, 6) is -0.625. The minimum Gasteiger partial charge on any atom is -0.478 e. The molecule has 0 atom stereocenters. The molecule has 10 heteroatoms. The number of nitrogens with zero attached hydrogens (tertiary/aromatic N) is 3. The van der Waals surface area contributed by atoms with E-state index in [2.05, 4.69) is 15.2 Å². The highest BCUT2D eigenvalue weighted by Crippen LogP contribution is 1.94. The average Bonchev–Trinajstić information content (AvgIpc) is 2.47. The Kier molecular flexibility index (Phi) is 4.86. The molecule has 1 aromatic heterocycles. The number of carboxylic acid groups (broad SMARTS) is 1. The number of H-pyrrole nitrogens is 1. The van der Waals surface area contributed by atoms with E-state index in [1.54, 1.807) is 0 Å². The standard InChI is InChI=1S/C5H6N4O2.HNO3/c6-5-7-3(8-9-5)1-2-4(10)11;2-1(3)4/h1-2H,(H,10,11)(H3,6,7,8,9);(H,2,3,4)/b2-1-;. The number of hydrogen-bond donors (Lipinski definition) is 4. The van der Waals surface area contributed by atoms with E-state index < -0.39 is 11.1 Å². The normalized spacial score (nSPS) is 9.33. The van der Waals surface area contributed by atoms with Crippen LogP contribution in [0, 0.1) is 10.1 Å². The molecule has 15 heavy (non-hydrogen) atoms. The third kappa shape index (κ3) is 7.70. The van der Waals surface area contributed by atoms with Crippen LogP contribution in [0.4, 0.5) is 5.95 Å². The second-order valence-electron chi connectivity index (χ2n) is 1.99. The van der Waals surface area contributed by atoms with E-state index in [-0.39, 0.29) is 5.95 Å². The van der Waals surface area contributed by atoms with Crippen molar-refractivity contribution in [3.63, 3.8) is 0 Å². The Labute approximate surface area is 82.2 Å². The van der Waals surface area contributed by atoms with Crippen molar-refractivity contribution >= 4 is 18.0 Å². The zero-order valence-electron chi connectivity index (χ0n) is 7.19. The molecule has 0 aliphatic heterocycles. The fourth-order valence-corrected chi connectivity index (χ4v) is 0.513. The van der Waals surface area contributed by atoms with Gasteiger partial charge in [0.2, 0.25) is 5.95 Å². The fraction of sp³-hybridized carbons (Fsp3) is 0. The maximum atomic E-state index is 10.00. The van der Waals surface area contributed by atoms with Gasteiger partial charge in [0, 0.05) is 6.08 Å². The van der Waals surface area contributed by atoms with Gasteiger partial charge in [0.1, 0.15) is 0 Å². The van der Waals surface area contributed by atoms with Gasteiger partial charge in [-0.2, -0.15) is 4.98 Å². The molecule has 0 bridgehead atoms. The lowest BCUT2D eigenvalue weighted by molar-refractivity contribution is -0.742. The van der Waals surface area contributed by atoms with E-state index in [4.69, 9.17) is 26.2 Å². The van der Waals surface area contributed by atoms with Crippen molar-refractivity contribution in [2.24, 2.45) is 0 Å². The molecule has 1 rings (SSSR count). The van der Waals surface area contributed by atoms with Crippen LogP contribution in [0.3, 0.4) is 0 Å². The second kappa shape index (κ2) is 5.90. The monoisotopic (exact) mass is 217 g/mol. The summed E-state index contributed by atoms with van der Waals surface area (Å²) in [5, 5.41) is 27.8. The van der Waals surface area contributed by atoms with E-state index >= 15 is 0 Å². The van der Waals surface area contributed by atoms with Gasteiger partial charge >= 0.3 is 5.97 Å². The van der Waals surface area contributed by atoms with Crippen LogP contribution in [0.25, 0.3) is 6.08 Å². The minimum atomic E-state index is -1.50. The molecule has 0 saturated heterocycles. The third-order valence-electron chi connectivity index (χ3n) is 0.904. The maximum absolute atomic E-state index is 10.00. The van der Waals surface area contributed by atoms with Gasteiger partial charge in [-0.25, -0.2) is 4.79 Å². The number of nitrogens with two attached hydrogens (primary N) is 1. The summed E-state index contributed by atoms with van der Waals surface area (Å²) in [4.78, 5) is 22.0. The first-order valence-corrected chi connectivity index (χ1v) is 3.34. The van der Waals surface area contributed by atoms with Crippen LogP contribution in [-0.4, -0.2) is 36.6 Å². The molecule has 0 aliphatic carbocycles. The van der Waals surface area contributed by atoms with E-state index in [1.807, 2.05) is 0 Å². The van der Waals surface area contributed by atoms with Crippen molar-refractivity contribution in [2.45, 2.75) is 0 Å². The molecule has 0 radical (unpaired) electrons. The number of nitrogen functional groups attached to an aromatic ring is 1. The maximum Gasteiger partial charge on any atom is 0.328 e. The number of aromatic amines is 1. The lowest BCUT2D eigenvalue weighted by atomic mass is 10.5. The number of hydrogen-bond acceptors (Lipinski definition) is 6. The Bertz CT molecular complexity index is 368. The Hall–Kier alpha value is -2.65. The van der Waals surface area contributed by atoms with Crippen LogP contribution >= 0.6 is 0 Å². The third-order valence-corrected chi connectivity index (χ3v) is 0.904. The predicted octanol–water partition coefficient (Wildman–Crippen LogP) is -0.863. The number of rotatable bonds is 2. The molecule has 0 saturated carbocycles. The summed E-state index contributed by atoms with van der Waals surface area (Å²) in [6.07, 6.45) is 2.21. The van der Waals surface area contributed by atoms with E-state index in [0.29, 0.717) is 5.82 Å². The minimum absolute atomic E-state index is 0.0926. The van der Waals surface area contributed by atoms with Crippen molar-refractivity contribution in [3.8, 4) is 0 Å². The average molecular weight is 217 g/mol. The molecule has 5 N–H and O–H groups in total. The van der Waals surface area contributed by atoms with Crippen LogP contribution in [0.2, 0.25) is 0 Å². The van der Waals surface area contributed by atoms with Crippen molar-refractivity contribution in [1.82, 2.24) is 15.2 Å². The van der Waals surface area contributed by atoms with E-state index in [1.165, 1.54) is 6.08 Å². The molecule has 10 nitrogen and oxygen atoms in total. The largest absolute Gasteiger partial charge is 0.478 e. The fourth-order valence-electron chi connectivity index (χ4n) is 0.513. The van der Waals surface area contributed by atoms with Crippen molar-refractivity contribution < 1.29 is 20.2 Å². The quantitative estimate of drug-likeness (QED) is 0.281. The smallest absolute Gasteiger partial charge is 0.328 e. The molecule has 0 aromatic carbocycles. The molecule has 0 unspecified atom stereocenters. The summed E-state index contributed by atoms with van der Waals surface area (Å²) in [5.41, 5.74) is 5.15. The molecule has 1 aromatic rings. The Morgan fingerprint density at radius 3 is 2.53 bits per heavy atom. The highest BCUT2D eigenvalue weighted by atomic mass is 16.9. The zero-order valence-corrected chi connectivity index (χ0v) is 7.19. The summed E-state index contributed by atoms with van der Waals surface area (Å²) < 4.78 is 0. The SMILES string of the molecule is Nc1n[nH]c(/C=C\C(=O)O)n1.O=[N+]([O-])O. The van der Waals surface area contributed by atoms with Crippen LogP contribution < -0.4 is 5.73 Å². The summed E-state index contributed by atoms with van der Waals surface area (Å²) >= 11 is 0. The Morgan fingerprint density at radius 1 is 1.67 bits per heavy atom. The summed E-state index contributed by atoms with van der Waals surface area (Å²) in [6, 6.07) is 0. The van der Waals surface area contributed by atoms with Gasteiger partial charge in [-0.15, -0.1) is 15.2 Å². The molecule has 82 valence electrons. The first kappa shape index (κ1) is 12.3. The van der Waals surface area contributed by atoms with Crippen molar-refractivity contribution in [1.29, 1.82) is 0 Å². The highest BCUT2D eigenvalue weighted by molar-refractivity contribution is 5.84. The van der Waals surface area contributed by atoms with Gasteiger partial charge in [-0.05, 0) is 6.08 Å². The van der Waals surface area contributed by atoms with Crippen LogP contribution in [0.5, 0.6) is 0 Å². The van der Waals surface area contributed by atoms with Crippen LogP contribution in [0.1, 0.15) is 5.82 Å². The highest BCUT2D eigenvalue weighted by Gasteiger charge is 1.94.